The average molecular weight is 257 g/mol. The zero-order chi connectivity index (χ0) is 13.9. The summed E-state index contributed by atoms with van der Waals surface area (Å²) in [6.07, 6.45) is -0.842. The van der Waals surface area contributed by atoms with Gasteiger partial charge < -0.3 is 21.1 Å². The summed E-state index contributed by atoms with van der Waals surface area (Å²) in [6.45, 7) is 5.84. The maximum absolute atomic E-state index is 11.8. The normalized spacial score (nSPS) is 35.9. The Balaban J connectivity index is 2.93. The summed E-state index contributed by atoms with van der Waals surface area (Å²) in [6, 6.07) is -0.319. The molecule has 1 fully saturated rings. The largest absolute Gasteiger partial charge is 0.361 e. The Bertz CT molecular complexity index is 322. The van der Waals surface area contributed by atoms with Crippen LogP contribution < -0.4 is 16.4 Å². The molecule has 0 spiro atoms. The molecule has 0 aromatic carbocycles. The molecule has 6 heteroatoms. The molecule has 2 amide bonds. The zero-order valence-corrected chi connectivity index (χ0v) is 11.4. The van der Waals surface area contributed by atoms with Crippen LogP contribution in [0.1, 0.15) is 20.8 Å². The zero-order valence-electron chi connectivity index (χ0n) is 11.4. The van der Waals surface area contributed by atoms with Gasteiger partial charge in [-0.1, -0.05) is 13.8 Å². The first-order valence-electron chi connectivity index (χ1n) is 6.26. The molecule has 0 saturated carbocycles. The van der Waals surface area contributed by atoms with Gasteiger partial charge in [0.15, 0.2) is 6.10 Å². The quantitative estimate of drug-likeness (QED) is 0.619. The maximum Gasteiger partial charge on any atom is 0.251 e. The van der Waals surface area contributed by atoms with E-state index >= 15 is 0 Å². The lowest BCUT2D eigenvalue weighted by Gasteiger charge is -2.44. The van der Waals surface area contributed by atoms with Gasteiger partial charge in [0.2, 0.25) is 5.91 Å². The number of rotatable bonds is 3. The molecule has 1 aliphatic rings. The summed E-state index contributed by atoms with van der Waals surface area (Å²) in [5.74, 6) is -0.0834. The minimum Gasteiger partial charge on any atom is -0.361 e. The molecule has 1 aliphatic heterocycles. The van der Waals surface area contributed by atoms with Crippen LogP contribution in [0.5, 0.6) is 0 Å². The highest BCUT2D eigenvalue weighted by Crippen LogP contribution is 2.30. The third kappa shape index (κ3) is 3.00. The number of hydrogen-bond donors (Lipinski definition) is 3. The standard InChI is InChI=1S/C12H23N3O3/c1-6-7(2)10(15-8(3)16)11(12(17)14-4)18-9(6)5-13/h6-7,9-11H,5,13H2,1-4H3,(H,14,17)(H,15,16)/t6-,7-,9-,10-,11-/m1/s1. The molecule has 6 nitrogen and oxygen atoms in total. The van der Waals surface area contributed by atoms with Gasteiger partial charge in [0.05, 0.1) is 12.1 Å². The van der Waals surface area contributed by atoms with Crippen molar-refractivity contribution in [1.29, 1.82) is 0 Å². The number of nitrogens with two attached hydrogens (primary N) is 1. The topological polar surface area (TPSA) is 93.4 Å². The Hall–Kier alpha value is -1.14. The van der Waals surface area contributed by atoms with Crippen molar-refractivity contribution in [3.63, 3.8) is 0 Å². The molecule has 1 rings (SSSR count). The van der Waals surface area contributed by atoms with Gasteiger partial charge in [0.1, 0.15) is 0 Å². The average Bonchev–Trinajstić information content (AvgIpc) is 2.34. The minimum atomic E-state index is -0.682. The predicted octanol–water partition coefficient (Wildman–Crippen LogP) is -0.765. The van der Waals surface area contributed by atoms with Crippen LogP contribution in [0, 0.1) is 11.8 Å². The highest BCUT2D eigenvalue weighted by molar-refractivity contribution is 5.83. The second-order valence-corrected chi connectivity index (χ2v) is 4.89. The fourth-order valence-corrected chi connectivity index (χ4v) is 2.42. The fraction of sp³-hybridized carbons (Fsp3) is 0.833. The predicted molar refractivity (Wildman–Crippen MR) is 67.7 cm³/mol. The molecule has 0 aromatic rings. The summed E-state index contributed by atoms with van der Waals surface area (Å²) < 4.78 is 5.73. The van der Waals surface area contributed by atoms with Crippen LogP contribution in [0.15, 0.2) is 0 Å². The van der Waals surface area contributed by atoms with Crippen molar-refractivity contribution in [2.24, 2.45) is 17.6 Å². The van der Waals surface area contributed by atoms with Crippen molar-refractivity contribution in [1.82, 2.24) is 10.6 Å². The summed E-state index contributed by atoms with van der Waals surface area (Å²) >= 11 is 0. The Kier molecular flexibility index (Phi) is 5.10. The molecular formula is C12H23N3O3. The van der Waals surface area contributed by atoms with Gasteiger partial charge in [0, 0.05) is 20.5 Å². The summed E-state index contributed by atoms with van der Waals surface area (Å²) in [4.78, 5) is 23.1. The second kappa shape index (κ2) is 6.15. The molecule has 0 unspecified atom stereocenters. The van der Waals surface area contributed by atoms with Gasteiger partial charge in [-0.2, -0.15) is 0 Å². The lowest BCUT2D eigenvalue weighted by Crippen LogP contribution is -2.62. The van der Waals surface area contributed by atoms with Crippen LogP contribution in [0.3, 0.4) is 0 Å². The fourth-order valence-electron chi connectivity index (χ4n) is 2.42. The molecule has 0 radical (unpaired) electrons. The van der Waals surface area contributed by atoms with Crippen LogP contribution in [-0.4, -0.2) is 43.7 Å². The molecule has 4 N–H and O–H groups in total. The lowest BCUT2D eigenvalue weighted by atomic mass is 9.79. The van der Waals surface area contributed by atoms with Crippen LogP contribution >= 0.6 is 0 Å². The lowest BCUT2D eigenvalue weighted by molar-refractivity contribution is -0.157. The van der Waals surface area contributed by atoms with E-state index in [9.17, 15) is 9.59 Å². The minimum absolute atomic E-state index is 0.124. The molecule has 5 atom stereocenters. The van der Waals surface area contributed by atoms with E-state index in [1.807, 2.05) is 13.8 Å². The van der Waals surface area contributed by atoms with Crippen LogP contribution in [0.25, 0.3) is 0 Å². The Labute approximate surface area is 108 Å². The monoisotopic (exact) mass is 257 g/mol. The van der Waals surface area contributed by atoms with Gasteiger partial charge in [-0.05, 0) is 11.8 Å². The van der Waals surface area contributed by atoms with Gasteiger partial charge in [-0.15, -0.1) is 0 Å². The molecule has 104 valence electrons. The third-order valence-corrected chi connectivity index (χ3v) is 3.74. The van der Waals surface area contributed by atoms with E-state index in [2.05, 4.69) is 10.6 Å². The number of hydrogen-bond acceptors (Lipinski definition) is 4. The highest BCUT2D eigenvalue weighted by atomic mass is 16.5. The second-order valence-electron chi connectivity index (χ2n) is 4.89. The molecule has 18 heavy (non-hydrogen) atoms. The van der Waals surface area contributed by atoms with E-state index in [-0.39, 0.29) is 35.8 Å². The van der Waals surface area contributed by atoms with E-state index in [1.165, 1.54) is 6.92 Å². The van der Waals surface area contributed by atoms with Crippen LogP contribution in [0.2, 0.25) is 0 Å². The number of ether oxygens (including phenoxy) is 1. The number of carbonyl (C=O) groups is 2. The van der Waals surface area contributed by atoms with Crippen LogP contribution in [-0.2, 0) is 14.3 Å². The molecule has 1 heterocycles. The van der Waals surface area contributed by atoms with Gasteiger partial charge in [-0.25, -0.2) is 0 Å². The third-order valence-electron chi connectivity index (χ3n) is 3.74. The first-order valence-corrected chi connectivity index (χ1v) is 6.26. The molecular weight excluding hydrogens is 234 g/mol. The van der Waals surface area contributed by atoms with Crippen molar-refractivity contribution >= 4 is 11.8 Å². The van der Waals surface area contributed by atoms with Gasteiger partial charge in [0.25, 0.3) is 5.91 Å². The Morgan fingerprint density at radius 1 is 1.28 bits per heavy atom. The summed E-state index contributed by atoms with van der Waals surface area (Å²) in [7, 11) is 1.55. The van der Waals surface area contributed by atoms with E-state index in [0.717, 1.165) is 0 Å². The van der Waals surface area contributed by atoms with Gasteiger partial charge >= 0.3 is 0 Å². The number of amides is 2. The number of likely N-dealkylation sites (N-methyl/N-ethyl adjacent to an activating group) is 1. The first-order chi connectivity index (χ1) is 8.42. The van der Waals surface area contributed by atoms with E-state index in [4.69, 9.17) is 10.5 Å². The SMILES string of the molecule is CNC(=O)[C@@H]1O[C@H](CN)[C@H](C)[C@@H](C)[C@H]1NC(C)=O. The van der Waals surface area contributed by atoms with Crippen molar-refractivity contribution < 1.29 is 14.3 Å². The highest BCUT2D eigenvalue weighted by Gasteiger charge is 2.44. The summed E-state index contributed by atoms with van der Waals surface area (Å²) in [5, 5.41) is 5.37. The van der Waals surface area contributed by atoms with E-state index < -0.39 is 6.10 Å². The Morgan fingerprint density at radius 3 is 2.33 bits per heavy atom. The molecule has 1 saturated heterocycles. The smallest absolute Gasteiger partial charge is 0.251 e. The maximum atomic E-state index is 11.8. The van der Waals surface area contributed by atoms with E-state index in [1.54, 1.807) is 7.05 Å². The molecule has 0 aliphatic carbocycles. The molecule has 0 bridgehead atoms. The Morgan fingerprint density at radius 2 is 1.89 bits per heavy atom. The number of nitrogens with one attached hydrogen (secondary N) is 2. The first kappa shape index (κ1) is 14.9. The van der Waals surface area contributed by atoms with Crippen molar-refractivity contribution in [3.8, 4) is 0 Å². The van der Waals surface area contributed by atoms with Crippen LogP contribution in [0.4, 0.5) is 0 Å². The van der Waals surface area contributed by atoms with Crippen molar-refractivity contribution in [2.75, 3.05) is 13.6 Å². The number of carbonyl (C=O) groups excluding carboxylic acids is 2. The van der Waals surface area contributed by atoms with Gasteiger partial charge in [-0.3, -0.25) is 9.59 Å². The van der Waals surface area contributed by atoms with Crippen molar-refractivity contribution in [2.45, 2.75) is 39.0 Å². The summed E-state index contributed by atoms with van der Waals surface area (Å²) in [5.41, 5.74) is 5.66. The van der Waals surface area contributed by atoms with E-state index in [0.29, 0.717) is 6.54 Å². The molecule has 0 aromatic heterocycles. The van der Waals surface area contributed by atoms with Crippen molar-refractivity contribution in [3.05, 3.63) is 0 Å².